The summed E-state index contributed by atoms with van der Waals surface area (Å²) in [5, 5.41) is 13.3. The van der Waals surface area contributed by atoms with E-state index in [-0.39, 0.29) is 0 Å². The first-order valence-corrected chi connectivity index (χ1v) is 3.20. The van der Waals surface area contributed by atoms with Gasteiger partial charge in [-0.1, -0.05) is 19.9 Å². The molecule has 0 aromatic carbocycles. The Kier molecular flexibility index (Phi) is 2.15. The molecule has 1 aromatic rings. The highest BCUT2D eigenvalue weighted by Crippen LogP contribution is 1.96. The van der Waals surface area contributed by atoms with Crippen molar-refractivity contribution in [3.05, 3.63) is 11.9 Å². The molecule has 10 heavy (non-hydrogen) atoms. The Morgan fingerprint density at radius 2 is 2.30 bits per heavy atom. The second-order valence-electron chi connectivity index (χ2n) is 2.37. The third-order valence-corrected chi connectivity index (χ3v) is 0.992. The average molecular weight is 138 g/mol. The van der Waals surface area contributed by atoms with E-state index >= 15 is 0 Å². The molecule has 0 unspecified atom stereocenters. The van der Waals surface area contributed by atoms with Gasteiger partial charge in [-0.2, -0.15) is 5.21 Å². The van der Waals surface area contributed by atoms with Gasteiger partial charge < -0.3 is 0 Å². The first-order valence-electron chi connectivity index (χ1n) is 3.20. The fourth-order valence-electron chi connectivity index (χ4n) is 0.519. The quantitative estimate of drug-likeness (QED) is 0.659. The minimum absolute atomic E-state index is 0.526. The third-order valence-electron chi connectivity index (χ3n) is 0.992. The van der Waals surface area contributed by atoms with Crippen molar-refractivity contribution in [2.45, 2.75) is 13.8 Å². The van der Waals surface area contributed by atoms with Crippen LogP contribution in [0.3, 0.4) is 0 Å². The van der Waals surface area contributed by atoms with Gasteiger partial charge in [0.05, 0.1) is 0 Å². The molecule has 1 aromatic heterocycles. The number of tetrazole rings is 1. The van der Waals surface area contributed by atoms with Crippen LogP contribution in [0.5, 0.6) is 0 Å². The largest absolute Gasteiger partial charge is 0.197 e. The van der Waals surface area contributed by atoms with Crippen LogP contribution >= 0.6 is 0 Å². The molecule has 54 valence electrons. The van der Waals surface area contributed by atoms with Crippen LogP contribution in [0.15, 0.2) is 6.08 Å². The predicted molar refractivity (Wildman–Crippen MR) is 38.0 cm³/mol. The maximum atomic E-state index is 3.75. The van der Waals surface area contributed by atoms with Gasteiger partial charge in [-0.25, -0.2) is 0 Å². The van der Waals surface area contributed by atoms with Crippen molar-refractivity contribution >= 4 is 6.08 Å². The summed E-state index contributed by atoms with van der Waals surface area (Å²) in [6.45, 7) is 4.19. The van der Waals surface area contributed by atoms with E-state index < -0.39 is 0 Å². The SMILES string of the molecule is CC(C)/C=C/c1nn[nH]n1. The van der Waals surface area contributed by atoms with Crippen molar-refractivity contribution in [3.8, 4) is 0 Å². The molecule has 0 spiro atoms. The van der Waals surface area contributed by atoms with E-state index in [0.717, 1.165) is 0 Å². The number of hydrogen-bond donors (Lipinski definition) is 1. The fraction of sp³-hybridized carbons (Fsp3) is 0.500. The van der Waals surface area contributed by atoms with Crippen molar-refractivity contribution in [2.75, 3.05) is 0 Å². The molecule has 0 bridgehead atoms. The summed E-state index contributed by atoms with van der Waals surface area (Å²) in [4.78, 5) is 0. The number of allylic oxidation sites excluding steroid dienone is 1. The van der Waals surface area contributed by atoms with Crippen molar-refractivity contribution in [1.29, 1.82) is 0 Å². The highest BCUT2D eigenvalue weighted by molar-refractivity contribution is 5.37. The van der Waals surface area contributed by atoms with Gasteiger partial charge in [-0.3, -0.25) is 0 Å². The van der Waals surface area contributed by atoms with Gasteiger partial charge >= 0.3 is 0 Å². The van der Waals surface area contributed by atoms with E-state index in [4.69, 9.17) is 0 Å². The summed E-state index contributed by atoms with van der Waals surface area (Å²) in [5.74, 6) is 1.16. The Labute approximate surface area is 59.3 Å². The number of H-pyrrole nitrogens is 1. The molecule has 0 atom stereocenters. The molecule has 0 saturated heterocycles. The molecule has 0 radical (unpaired) electrons. The van der Waals surface area contributed by atoms with Gasteiger partial charge in [0, 0.05) is 0 Å². The summed E-state index contributed by atoms with van der Waals surface area (Å²) < 4.78 is 0. The number of aromatic nitrogens is 4. The summed E-state index contributed by atoms with van der Waals surface area (Å²) >= 11 is 0. The van der Waals surface area contributed by atoms with E-state index in [2.05, 4.69) is 34.5 Å². The molecule has 0 aliphatic carbocycles. The second-order valence-corrected chi connectivity index (χ2v) is 2.37. The summed E-state index contributed by atoms with van der Waals surface area (Å²) in [7, 11) is 0. The van der Waals surface area contributed by atoms with Crippen molar-refractivity contribution < 1.29 is 0 Å². The standard InChI is InChI=1S/C6H10N4/c1-5(2)3-4-6-7-9-10-8-6/h3-5H,1-2H3,(H,7,8,9,10)/b4-3+. The Morgan fingerprint density at radius 1 is 1.50 bits per heavy atom. The van der Waals surface area contributed by atoms with E-state index in [0.29, 0.717) is 11.7 Å². The lowest BCUT2D eigenvalue weighted by atomic mass is 10.2. The molecule has 0 aliphatic heterocycles. The minimum Gasteiger partial charge on any atom is -0.177 e. The molecule has 0 fully saturated rings. The van der Waals surface area contributed by atoms with Crippen LogP contribution in [0.1, 0.15) is 19.7 Å². The summed E-state index contributed by atoms with van der Waals surface area (Å²) in [6, 6.07) is 0. The molecular weight excluding hydrogens is 128 g/mol. The zero-order valence-electron chi connectivity index (χ0n) is 6.07. The number of nitrogens with one attached hydrogen (secondary N) is 1. The van der Waals surface area contributed by atoms with Crippen LogP contribution in [0.2, 0.25) is 0 Å². The molecule has 1 N–H and O–H groups in total. The monoisotopic (exact) mass is 138 g/mol. The van der Waals surface area contributed by atoms with E-state index in [1.165, 1.54) is 0 Å². The van der Waals surface area contributed by atoms with Crippen LogP contribution in [0.4, 0.5) is 0 Å². The Balaban J connectivity index is 2.55. The van der Waals surface area contributed by atoms with Crippen LogP contribution in [-0.4, -0.2) is 20.6 Å². The van der Waals surface area contributed by atoms with Crippen molar-refractivity contribution in [3.63, 3.8) is 0 Å². The first kappa shape index (κ1) is 6.92. The zero-order chi connectivity index (χ0) is 7.40. The van der Waals surface area contributed by atoms with Crippen molar-refractivity contribution in [2.24, 2.45) is 5.92 Å². The summed E-state index contributed by atoms with van der Waals surface area (Å²) in [5.41, 5.74) is 0. The third kappa shape index (κ3) is 1.97. The molecular formula is C6H10N4. The van der Waals surface area contributed by atoms with Gasteiger partial charge in [-0.15, -0.1) is 10.2 Å². The Hall–Kier alpha value is -1.19. The molecule has 0 aliphatic rings. The Morgan fingerprint density at radius 3 is 2.80 bits per heavy atom. The minimum atomic E-state index is 0.526. The second kappa shape index (κ2) is 3.10. The number of hydrogen-bond acceptors (Lipinski definition) is 3. The highest BCUT2D eigenvalue weighted by Gasteiger charge is 1.89. The van der Waals surface area contributed by atoms with Crippen LogP contribution in [-0.2, 0) is 0 Å². The highest BCUT2D eigenvalue weighted by atomic mass is 15.5. The van der Waals surface area contributed by atoms with Gasteiger partial charge in [0.1, 0.15) is 0 Å². The maximum Gasteiger partial charge on any atom is 0.197 e. The van der Waals surface area contributed by atoms with Crippen LogP contribution < -0.4 is 0 Å². The van der Waals surface area contributed by atoms with Gasteiger partial charge in [0.2, 0.25) is 0 Å². The van der Waals surface area contributed by atoms with Gasteiger partial charge in [0.15, 0.2) is 5.82 Å². The maximum absolute atomic E-state index is 3.75. The number of aromatic amines is 1. The van der Waals surface area contributed by atoms with Crippen LogP contribution in [0.25, 0.3) is 6.08 Å². The number of rotatable bonds is 2. The predicted octanol–water partition coefficient (Wildman–Crippen LogP) is 0.869. The number of nitrogens with zero attached hydrogens (tertiary/aromatic N) is 3. The van der Waals surface area contributed by atoms with Gasteiger partial charge in [0.25, 0.3) is 0 Å². The topological polar surface area (TPSA) is 54.5 Å². The fourth-order valence-corrected chi connectivity index (χ4v) is 0.519. The lowest BCUT2D eigenvalue weighted by Crippen LogP contribution is -1.79. The van der Waals surface area contributed by atoms with E-state index in [9.17, 15) is 0 Å². The van der Waals surface area contributed by atoms with E-state index in [1.807, 2.05) is 12.2 Å². The van der Waals surface area contributed by atoms with Crippen molar-refractivity contribution in [1.82, 2.24) is 20.6 Å². The molecule has 4 nitrogen and oxygen atoms in total. The van der Waals surface area contributed by atoms with Gasteiger partial charge in [-0.05, 0) is 17.2 Å². The lowest BCUT2D eigenvalue weighted by Gasteiger charge is -1.88. The molecule has 0 saturated carbocycles. The van der Waals surface area contributed by atoms with E-state index in [1.54, 1.807) is 0 Å². The smallest absolute Gasteiger partial charge is 0.177 e. The molecule has 1 rings (SSSR count). The molecule has 4 heteroatoms. The molecule has 0 amide bonds. The first-order chi connectivity index (χ1) is 4.79. The Bertz CT molecular complexity index is 200. The summed E-state index contributed by atoms with van der Waals surface area (Å²) in [6.07, 6.45) is 3.86. The van der Waals surface area contributed by atoms with Crippen LogP contribution in [0, 0.1) is 5.92 Å². The lowest BCUT2D eigenvalue weighted by molar-refractivity contribution is 0.835. The zero-order valence-corrected chi connectivity index (χ0v) is 6.07. The normalized spacial score (nSPS) is 11.5. The average Bonchev–Trinajstić information content (AvgIpc) is 2.34. The molecule has 1 heterocycles.